The summed E-state index contributed by atoms with van der Waals surface area (Å²) in [6.07, 6.45) is 2.06. The van der Waals surface area contributed by atoms with E-state index in [0.717, 1.165) is 25.9 Å². The van der Waals surface area contributed by atoms with Gasteiger partial charge in [-0.3, -0.25) is 14.7 Å². The van der Waals surface area contributed by atoms with Gasteiger partial charge < -0.3 is 16.0 Å². The van der Waals surface area contributed by atoms with Crippen LogP contribution in [0, 0.1) is 0 Å². The van der Waals surface area contributed by atoms with E-state index in [1.165, 1.54) is 6.07 Å². The Morgan fingerprint density at radius 1 is 1.50 bits per heavy atom. The topological polar surface area (TPSA) is 104 Å². The summed E-state index contributed by atoms with van der Waals surface area (Å²) < 4.78 is 0. The van der Waals surface area contributed by atoms with Gasteiger partial charge in [0.2, 0.25) is 5.91 Å². The molecular formula is C11H17N5O2. The van der Waals surface area contributed by atoms with Crippen LogP contribution in [0.15, 0.2) is 6.07 Å². The van der Waals surface area contributed by atoms with E-state index in [9.17, 15) is 9.59 Å². The lowest BCUT2D eigenvalue weighted by molar-refractivity contribution is -0.131. The number of amides is 2. The van der Waals surface area contributed by atoms with Crippen LogP contribution in [0.2, 0.25) is 0 Å². The number of nitrogen functional groups attached to an aromatic ring is 1. The minimum atomic E-state index is -0.542. The summed E-state index contributed by atoms with van der Waals surface area (Å²) in [5.74, 6) is -0.175. The number of nitrogens with zero attached hydrogens (tertiary/aromatic N) is 2. The molecule has 1 aliphatic heterocycles. The number of H-pyrrole nitrogens is 1. The number of anilines is 1. The SMILES string of the molecule is CC(NC(=O)c1cc(N)n[nH]1)C(=O)N1CCCC1. The molecule has 2 rings (SSSR count). The summed E-state index contributed by atoms with van der Waals surface area (Å²) >= 11 is 0. The van der Waals surface area contributed by atoms with Crippen molar-refractivity contribution < 1.29 is 9.59 Å². The van der Waals surface area contributed by atoms with Crippen molar-refractivity contribution in [3.63, 3.8) is 0 Å². The van der Waals surface area contributed by atoms with Crippen molar-refractivity contribution >= 4 is 17.6 Å². The van der Waals surface area contributed by atoms with Crippen LogP contribution in [0.25, 0.3) is 0 Å². The van der Waals surface area contributed by atoms with E-state index in [4.69, 9.17) is 5.73 Å². The summed E-state index contributed by atoms with van der Waals surface area (Å²) in [6, 6.07) is 0.891. The molecule has 0 bridgehead atoms. The Bertz CT molecular complexity index is 450. The van der Waals surface area contributed by atoms with Crippen LogP contribution >= 0.6 is 0 Å². The zero-order valence-corrected chi connectivity index (χ0v) is 10.3. The van der Waals surface area contributed by atoms with Gasteiger partial charge in [0, 0.05) is 19.2 Å². The molecule has 1 atom stereocenters. The van der Waals surface area contributed by atoms with Gasteiger partial charge in [0.05, 0.1) is 0 Å². The maximum atomic E-state index is 12.0. The summed E-state index contributed by atoms with van der Waals surface area (Å²) in [5, 5.41) is 8.80. The Hall–Kier alpha value is -2.05. The average molecular weight is 251 g/mol. The first-order chi connectivity index (χ1) is 8.58. The molecule has 2 amide bonds. The molecule has 0 aromatic carbocycles. The van der Waals surface area contributed by atoms with Crippen LogP contribution < -0.4 is 11.1 Å². The van der Waals surface area contributed by atoms with Gasteiger partial charge >= 0.3 is 0 Å². The van der Waals surface area contributed by atoms with Gasteiger partial charge in [-0.15, -0.1) is 0 Å². The maximum absolute atomic E-state index is 12.0. The van der Waals surface area contributed by atoms with Crippen molar-refractivity contribution in [1.82, 2.24) is 20.4 Å². The van der Waals surface area contributed by atoms with Crippen LogP contribution in [0.1, 0.15) is 30.3 Å². The normalized spacial score (nSPS) is 16.6. The smallest absolute Gasteiger partial charge is 0.270 e. The van der Waals surface area contributed by atoms with E-state index in [0.29, 0.717) is 0 Å². The number of carbonyl (C=O) groups excluding carboxylic acids is 2. The first-order valence-electron chi connectivity index (χ1n) is 5.98. The molecule has 1 aromatic heterocycles. The molecule has 18 heavy (non-hydrogen) atoms. The Morgan fingerprint density at radius 3 is 2.72 bits per heavy atom. The molecule has 1 fully saturated rings. The largest absolute Gasteiger partial charge is 0.382 e. The minimum Gasteiger partial charge on any atom is -0.382 e. The third kappa shape index (κ3) is 2.61. The number of nitrogens with one attached hydrogen (secondary N) is 2. The van der Waals surface area contributed by atoms with Crippen LogP contribution in [0.4, 0.5) is 5.82 Å². The van der Waals surface area contributed by atoms with Crippen LogP contribution in [-0.4, -0.2) is 46.0 Å². The van der Waals surface area contributed by atoms with Gasteiger partial charge in [0.25, 0.3) is 5.91 Å². The Balaban J connectivity index is 1.92. The fourth-order valence-electron chi connectivity index (χ4n) is 2.00. The van der Waals surface area contributed by atoms with Gasteiger partial charge in [-0.25, -0.2) is 0 Å². The zero-order chi connectivity index (χ0) is 13.1. The summed E-state index contributed by atoms with van der Waals surface area (Å²) in [6.45, 7) is 3.23. The van der Waals surface area contributed by atoms with E-state index in [1.807, 2.05) is 0 Å². The molecule has 0 radical (unpaired) electrons. The predicted octanol–water partition coefficient (Wildman–Crippen LogP) is -0.267. The van der Waals surface area contributed by atoms with Crippen molar-refractivity contribution in [2.75, 3.05) is 18.8 Å². The number of hydrogen-bond acceptors (Lipinski definition) is 4. The van der Waals surface area contributed by atoms with E-state index in [2.05, 4.69) is 15.5 Å². The first kappa shape index (κ1) is 12.4. The van der Waals surface area contributed by atoms with E-state index < -0.39 is 6.04 Å². The molecule has 2 heterocycles. The van der Waals surface area contributed by atoms with Crippen molar-refractivity contribution in [1.29, 1.82) is 0 Å². The summed E-state index contributed by atoms with van der Waals surface area (Å²) in [4.78, 5) is 25.5. The van der Waals surface area contributed by atoms with E-state index in [-0.39, 0.29) is 23.3 Å². The minimum absolute atomic E-state index is 0.0478. The van der Waals surface area contributed by atoms with Gasteiger partial charge in [-0.1, -0.05) is 0 Å². The Labute approximate surface area is 105 Å². The van der Waals surface area contributed by atoms with Crippen LogP contribution in [0.5, 0.6) is 0 Å². The second kappa shape index (κ2) is 5.07. The van der Waals surface area contributed by atoms with Crippen molar-refractivity contribution in [3.05, 3.63) is 11.8 Å². The number of hydrogen-bond donors (Lipinski definition) is 3. The summed E-state index contributed by atoms with van der Waals surface area (Å²) in [5.41, 5.74) is 5.67. The predicted molar refractivity (Wildman–Crippen MR) is 65.7 cm³/mol. The van der Waals surface area contributed by atoms with Crippen LogP contribution in [-0.2, 0) is 4.79 Å². The monoisotopic (exact) mass is 251 g/mol. The molecule has 7 heteroatoms. The lowest BCUT2D eigenvalue weighted by atomic mass is 10.2. The first-order valence-corrected chi connectivity index (χ1v) is 5.98. The molecule has 0 aliphatic carbocycles. The summed E-state index contributed by atoms with van der Waals surface area (Å²) in [7, 11) is 0. The molecule has 0 saturated carbocycles. The molecular weight excluding hydrogens is 234 g/mol. The number of nitrogens with two attached hydrogens (primary N) is 1. The highest BCUT2D eigenvalue weighted by Crippen LogP contribution is 2.09. The van der Waals surface area contributed by atoms with Gasteiger partial charge in [0.15, 0.2) is 0 Å². The molecule has 1 unspecified atom stereocenters. The quantitative estimate of drug-likeness (QED) is 0.688. The second-order valence-corrected chi connectivity index (χ2v) is 4.43. The average Bonchev–Trinajstić information content (AvgIpc) is 2.98. The third-order valence-corrected chi connectivity index (χ3v) is 2.98. The highest BCUT2D eigenvalue weighted by atomic mass is 16.2. The van der Waals surface area contributed by atoms with Crippen molar-refractivity contribution in [2.24, 2.45) is 0 Å². The molecule has 7 nitrogen and oxygen atoms in total. The lowest BCUT2D eigenvalue weighted by Gasteiger charge is -2.20. The Morgan fingerprint density at radius 2 is 2.17 bits per heavy atom. The maximum Gasteiger partial charge on any atom is 0.270 e. The second-order valence-electron chi connectivity index (χ2n) is 4.43. The van der Waals surface area contributed by atoms with Gasteiger partial charge in [-0.2, -0.15) is 5.10 Å². The fraction of sp³-hybridized carbons (Fsp3) is 0.545. The number of carbonyl (C=O) groups is 2. The molecule has 4 N–H and O–H groups in total. The molecule has 1 aromatic rings. The fourth-order valence-corrected chi connectivity index (χ4v) is 2.00. The Kier molecular flexibility index (Phi) is 3.50. The van der Waals surface area contributed by atoms with Crippen LogP contribution in [0.3, 0.4) is 0 Å². The molecule has 98 valence electrons. The van der Waals surface area contributed by atoms with Crippen molar-refractivity contribution in [2.45, 2.75) is 25.8 Å². The highest BCUT2D eigenvalue weighted by molar-refractivity contribution is 5.96. The van der Waals surface area contributed by atoms with Gasteiger partial charge in [-0.05, 0) is 19.8 Å². The molecule has 0 spiro atoms. The number of rotatable bonds is 3. The molecule has 1 saturated heterocycles. The number of aromatic amines is 1. The highest BCUT2D eigenvalue weighted by Gasteiger charge is 2.24. The van der Waals surface area contributed by atoms with Gasteiger partial charge in [0.1, 0.15) is 17.6 Å². The zero-order valence-electron chi connectivity index (χ0n) is 10.3. The third-order valence-electron chi connectivity index (χ3n) is 2.98. The van der Waals surface area contributed by atoms with E-state index >= 15 is 0 Å². The standard InChI is InChI=1S/C11H17N5O2/c1-7(11(18)16-4-2-3-5-16)13-10(17)8-6-9(12)15-14-8/h6-7H,2-5H2,1H3,(H,13,17)(H3,12,14,15). The van der Waals surface area contributed by atoms with E-state index in [1.54, 1.807) is 11.8 Å². The molecule has 1 aliphatic rings. The lowest BCUT2D eigenvalue weighted by Crippen LogP contribution is -2.46. The number of likely N-dealkylation sites (tertiary alicyclic amines) is 1. The number of aromatic nitrogens is 2. The van der Waals surface area contributed by atoms with Crippen molar-refractivity contribution in [3.8, 4) is 0 Å².